The molecular weight excluding hydrogens is 206 g/mol. The average molecular weight is 223 g/mol. The highest BCUT2D eigenvalue weighted by atomic mass is 32.1. The fourth-order valence-corrected chi connectivity index (χ4v) is 2.67. The number of amides is 1. The lowest BCUT2D eigenvalue weighted by Gasteiger charge is -2.12. The molecule has 1 saturated carbocycles. The highest BCUT2D eigenvalue weighted by molar-refractivity contribution is 7.11. The molecule has 2 nitrogen and oxygen atoms in total. The molecule has 1 aromatic rings. The van der Waals surface area contributed by atoms with Gasteiger partial charge in [0.2, 0.25) is 5.91 Å². The Hall–Kier alpha value is -0.830. The highest BCUT2D eigenvalue weighted by Crippen LogP contribution is 2.29. The van der Waals surface area contributed by atoms with Gasteiger partial charge in [-0.2, -0.15) is 0 Å². The maximum Gasteiger partial charge on any atom is 0.223 e. The van der Waals surface area contributed by atoms with Crippen LogP contribution in [0.5, 0.6) is 0 Å². The van der Waals surface area contributed by atoms with Crippen LogP contribution < -0.4 is 5.32 Å². The molecule has 1 N–H and O–H groups in total. The van der Waals surface area contributed by atoms with E-state index < -0.39 is 0 Å². The third-order valence-electron chi connectivity index (χ3n) is 2.64. The van der Waals surface area contributed by atoms with Crippen LogP contribution in [0.2, 0.25) is 0 Å². The predicted octanol–water partition coefficient (Wildman–Crippen LogP) is 2.51. The molecule has 0 aromatic carbocycles. The SMILES string of the molecule is Cc1ccc(CC(C)NC(=O)C2CC2)s1. The van der Waals surface area contributed by atoms with Gasteiger partial charge in [0.05, 0.1) is 0 Å². The minimum Gasteiger partial charge on any atom is -0.353 e. The lowest BCUT2D eigenvalue weighted by molar-refractivity contribution is -0.122. The Bertz CT molecular complexity index is 354. The first kappa shape index (κ1) is 10.7. The third kappa shape index (κ3) is 3.06. The van der Waals surface area contributed by atoms with E-state index >= 15 is 0 Å². The van der Waals surface area contributed by atoms with Crippen LogP contribution in [0, 0.1) is 12.8 Å². The largest absolute Gasteiger partial charge is 0.353 e. The zero-order chi connectivity index (χ0) is 10.8. The number of hydrogen-bond donors (Lipinski definition) is 1. The Morgan fingerprint density at radius 3 is 2.87 bits per heavy atom. The fourth-order valence-electron chi connectivity index (χ4n) is 1.65. The number of aryl methyl sites for hydroxylation is 1. The van der Waals surface area contributed by atoms with E-state index in [1.54, 1.807) is 0 Å². The quantitative estimate of drug-likeness (QED) is 0.835. The van der Waals surface area contributed by atoms with Gasteiger partial charge < -0.3 is 5.32 Å². The van der Waals surface area contributed by atoms with Crippen LogP contribution in [0.15, 0.2) is 12.1 Å². The molecule has 1 aromatic heterocycles. The van der Waals surface area contributed by atoms with Crippen LogP contribution in [0.25, 0.3) is 0 Å². The van der Waals surface area contributed by atoms with Crippen molar-refractivity contribution in [2.75, 3.05) is 0 Å². The summed E-state index contributed by atoms with van der Waals surface area (Å²) in [5.41, 5.74) is 0. The van der Waals surface area contributed by atoms with Crippen molar-refractivity contribution in [2.45, 2.75) is 39.2 Å². The summed E-state index contributed by atoms with van der Waals surface area (Å²) < 4.78 is 0. The Kier molecular flexibility index (Phi) is 3.10. The van der Waals surface area contributed by atoms with Crippen molar-refractivity contribution in [2.24, 2.45) is 5.92 Å². The molecule has 1 heterocycles. The van der Waals surface area contributed by atoms with Gasteiger partial charge in [-0.1, -0.05) is 0 Å². The summed E-state index contributed by atoms with van der Waals surface area (Å²) in [6, 6.07) is 4.55. The molecule has 1 aliphatic rings. The molecule has 2 rings (SSSR count). The zero-order valence-electron chi connectivity index (χ0n) is 9.25. The molecule has 0 aliphatic heterocycles. The van der Waals surface area contributed by atoms with E-state index in [9.17, 15) is 4.79 Å². The van der Waals surface area contributed by atoms with Crippen LogP contribution in [0.3, 0.4) is 0 Å². The predicted molar refractivity (Wildman–Crippen MR) is 63.1 cm³/mol. The fraction of sp³-hybridized carbons (Fsp3) is 0.583. The minimum atomic E-state index is 0.246. The van der Waals surface area contributed by atoms with Crippen molar-refractivity contribution in [3.8, 4) is 0 Å². The minimum absolute atomic E-state index is 0.246. The van der Waals surface area contributed by atoms with Gasteiger partial charge in [-0.05, 0) is 38.8 Å². The number of carbonyl (C=O) groups excluding carboxylic acids is 1. The molecule has 1 amide bonds. The first-order chi connectivity index (χ1) is 7.15. The summed E-state index contributed by atoms with van der Waals surface area (Å²) in [7, 11) is 0. The number of hydrogen-bond acceptors (Lipinski definition) is 2. The molecule has 0 spiro atoms. The van der Waals surface area contributed by atoms with Gasteiger partial charge in [-0.15, -0.1) is 11.3 Å². The van der Waals surface area contributed by atoms with Crippen LogP contribution in [-0.4, -0.2) is 11.9 Å². The second-order valence-corrected chi connectivity index (χ2v) is 5.77. The summed E-state index contributed by atoms with van der Waals surface area (Å²) in [4.78, 5) is 14.2. The Morgan fingerprint density at radius 1 is 1.60 bits per heavy atom. The topological polar surface area (TPSA) is 29.1 Å². The average Bonchev–Trinajstić information content (AvgIpc) is 2.92. The van der Waals surface area contributed by atoms with E-state index in [1.807, 2.05) is 11.3 Å². The lowest BCUT2D eigenvalue weighted by atomic mass is 10.2. The lowest BCUT2D eigenvalue weighted by Crippen LogP contribution is -2.34. The summed E-state index contributed by atoms with van der Waals surface area (Å²) in [5.74, 6) is 0.563. The summed E-state index contributed by atoms with van der Waals surface area (Å²) >= 11 is 1.82. The monoisotopic (exact) mass is 223 g/mol. The van der Waals surface area contributed by atoms with Crippen molar-refractivity contribution in [3.63, 3.8) is 0 Å². The molecule has 1 fully saturated rings. The van der Waals surface area contributed by atoms with Gasteiger partial charge >= 0.3 is 0 Å². The number of rotatable bonds is 4. The van der Waals surface area contributed by atoms with E-state index in [0.29, 0.717) is 5.92 Å². The normalized spacial score (nSPS) is 17.5. The van der Waals surface area contributed by atoms with Crippen molar-refractivity contribution in [3.05, 3.63) is 21.9 Å². The van der Waals surface area contributed by atoms with Crippen molar-refractivity contribution >= 4 is 17.2 Å². The summed E-state index contributed by atoms with van der Waals surface area (Å²) in [6.45, 7) is 4.19. The molecule has 3 heteroatoms. The molecule has 0 radical (unpaired) electrons. The Morgan fingerprint density at radius 2 is 2.33 bits per heavy atom. The maximum absolute atomic E-state index is 11.5. The third-order valence-corrected chi connectivity index (χ3v) is 3.66. The highest BCUT2D eigenvalue weighted by Gasteiger charge is 2.30. The molecule has 0 saturated heterocycles. The second-order valence-electron chi connectivity index (χ2n) is 4.40. The van der Waals surface area contributed by atoms with E-state index in [4.69, 9.17) is 0 Å². The van der Waals surface area contributed by atoms with Crippen molar-refractivity contribution in [1.82, 2.24) is 5.32 Å². The van der Waals surface area contributed by atoms with Gasteiger partial charge in [-0.3, -0.25) is 4.79 Å². The molecule has 1 aliphatic carbocycles. The molecule has 0 bridgehead atoms. The number of thiophene rings is 1. The number of nitrogens with one attached hydrogen (secondary N) is 1. The first-order valence-corrected chi connectivity index (χ1v) is 6.32. The van der Waals surface area contributed by atoms with E-state index in [1.165, 1.54) is 9.75 Å². The van der Waals surface area contributed by atoms with Gasteiger partial charge in [0.25, 0.3) is 0 Å². The second kappa shape index (κ2) is 4.35. The van der Waals surface area contributed by atoms with Crippen molar-refractivity contribution in [1.29, 1.82) is 0 Å². The van der Waals surface area contributed by atoms with Crippen LogP contribution in [0.1, 0.15) is 29.5 Å². The van der Waals surface area contributed by atoms with E-state index in [-0.39, 0.29) is 11.9 Å². The van der Waals surface area contributed by atoms with Gasteiger partial charge in [0.1, 0.15) is 0 Å². The van der Waals surface area contributed by atoms with E-state index in [0.717, 1.165) is 19.3 Å². The zero-order valence-corrected chi connectivity index (χ0v) is 10.1. The summed E-state index contributed by atoms with van der Waals surface area (Å²) in [5, 5.41) is 3.07. The van der Waals surface area contributed by atoms with Crippen LogP contribution in [-0.2, 0) is 11.2 Å². The van der Waals surface area contributed by atoms with Gasteiger partial charge in [0.15, 0.2) is 0 Å². The van der Waals surface area contributed by atoms with Gasteiger partial charge in [0, 0.05) is 28.1 Å². The van der Waals surface area contributed by atoms with Gasteiger partial charge in [-0.25, -0.2) is 0 Å². The van der Waals surface area contributed by atoms with Crippen molar-refractivity contribution < 1.29 is 4.79 Å². The maximum atomic E-state index is 11.5. The molecule has 15 heavy (non-hydrogen) atoms. The molecule has 82 valence electrons. The standard InChI is InChI=1S/C12H17NOS/c1-8(13-12(14)10-4-5-10)7-11-6-3-9(2)15-11/h3,6,8,10H,4-5,7H2,1-2H3,(H,13,14). The molecule has 1 atom stereocenters. The van der Waals surface area contributed by atoms with Crippen LogP contribution in [0.4, 0.5) is 0 Å². The number of carbonyl (C=O) groups is 1. The Labute approximate surface area is 94.7 Å². The van der Waals surface area contributed by atoms with E-state index in [2.05, 4.69) is 31.3 Å². The molecule has 1 unspecified atom stereocenters. The smallest absolute Gasteiger partial charge is 0.223 e. The van der Waals surface area contributed by atoms with Crippen LogP contribution >= 0.6 is 11.3 Å². The summed E-state index contributed by atoms with van der Waals surface area (Å²) in [6.07, 6.45) is 3.12. The first-order valence-electron chi connectivity index (χ1n) is 5.51. The molecular formula is C12H17NOS. The Balaban J connectivity index is 1.81.